The second kappa shape index (κ2) is 10.5. The fourth-order valence-corrected chi connectivity index (χ4v) is 1.89. The molecule has 0 heterocycles. The quantitative estimate of drug-likeness (QED) is 0.533. The molecule has 6 nitrogen and oxygen atoms in total. The molecule has 2 amide bonds. The lowest BCUT2D eigenvalue weighted by atomic mass is 10.0. The molecule has 0 fully saturated rings. The molecule has 2 N–H and O–H groups in total. The Labute approximate surface area is 146 Å². The van der Waals surface area contributed by atoms with Crippen molar-refractivity contribution in [1.29, 1.82) is 0 Å². The molecule has 0 saturated heterocycles. The molecule has 24 heavy (non-hydrogen) atoms. The van der Waals surface area contributed by atoms with Crippen molar-refractivity contribution in [2.45, 2.75) is 65.1 Å². The van der Waals surface area contributed by atoms with E-state index in [4.69, 9.17) is 9.47 Å². The van der Waals surface area contributed by atoms with Gasteiger partial charge in [-0.1, -0.05) is 6.58 Å². The van der Waals surface area contributed by atoms with Crippen molar-refractivity contribution < 1.29 is 19.1 Å². The molecule has 0 unspecified atom stereocenters. The van der Waals surface area contributed by atoms with Gasteiger partial charge in [0.1, 0.15) is 0 Å². The first-order valence-electron chi connectivity index (χ1n) is 8.41. The Kier molecular flexibility index (Phi) is 9.85. The molecule has 0 rings (SSSR count). The molecule has 0 aliphatic rings. The van der Waals surface area contributed by atoms with Crippen LogP contribution in [0.1, 0.15) is 53.9 Å². The molecule has 0 saturated carbocycles. The zero-order chi connectivity index (χ0) is 18.8. The highest BCUT2D eigenvalue weighted by atomic mass is 16.5. The molecular formula is C18H34N2O4. The number of rotatable bonds is 12. The number of amides is 2. The third kappa shape index (κ3) is 11.2. The first-order chi connectivity index (χ1) is 11.0. The SMILES string of the molecule is C=C(C)C(=O)NCCC(C)(C)OCCC(C)(C)OCCC(=O)NC. The molecule has 0 aromatic rings. The fraction of sp³-hybridized carbons (Fsp3) is 0.778. The normalized spacial score (nSPS) is 11.9. The van der Waals surface area contributed by atoms with Gasteiger partial charge in [0.2, 0.25) is 11.8 Å². The predicted molar refractivity (Wildman–Crippen MR) is 95.8 cm³/mol. The summed E-state index contributed by atoms with van der Waals surface area (Å²) in [5.41, 5.74) is -0.178. The summed E-state index contributed by atoms with van der Waals surface area (Å²) in [5.74, 6) is -0.156. The van der Waals surface area contributed by atoms with Crippen LogP contribution in [0.2, 0.25) is 0 Å². The van der Waals surface area contributed by atoms with Gasteiger partial charge in [-0.2, -0.15) is 0 Å². The van der Waals surface area contributed by atoms with Gasteiger partial charge in [-0.15, -0.1) is 0 Å². The molecule has 0 aromatic heterocycles. The summed E-state index contributed by atoms with van der Waals surface area (Å²) in [6.45, 7) is 14.7. The Balaban J connectivity index is 4.02. The second-order valence-electron chi connectivity index (χ2n) is 7.18. The number of nitrogens with one attached hydrogen (secondary N) is 2. The van der Waals surface area contributed by atoms with Crippen LogP contribution in [-0.4, -0.2) is 49.8 Å². The molecule has 0 aromatic carbocycles. The number of hydrogen-bond acceptors (Lipinski definition) is 4. The molecule has 0 aliphatic carbocycles. The minimum absolute atomic E-state index is 0.0278. The van der Waals surface area contributed by atoms with Crippen molar-refractivity contribution in [3.8, 4) is 0 Å². The van der Waals surface area contributed by atoms with Gasteiger partial charge in [0.25, 0.3) is 0 Å². The van der Waals surface area contributed by atoms with Crippen LogP contribution in [0.4, 0.5) is 0 Å². The van der Waals surface area contributed by atoms with Gasteiger partial charge in [-0.25, -0.2) is 0 Å². The maximum atomic E-state index is 11.4. The van der Waals surface area contributed by atoms with E-state index < -0.39 is 0 Å². The largest absolute Gasteiger partial charge is 0.375 e. The third-order valence-corrected chi connectivity index (χ3v) is 3.70. The van der Waals surface area contributed by atoms with Crippen molar-refractivity contribution in [3.63, 3.8) is 0 Å². The summed E-state index contributed by atoms with van der Waals surface area (Å²) in [7, 11) is 1.61. The Morgan fingerprint density at radius 3 is 2.08 bits per heavy atom. The highest BCUT2D eigenvalue weighted by molar-refractivity contribution is 5.92. The number of hydrogen-bond donors (Lipinski definition) is 2. The van der Waals surface area contributed by atoms with E-state index in [1.165, 1.54) is 0 Å². The highest BCUT2D eigenvalue weighted by Gasteiger charge is 2.23. The molecular weight excluding hydrogens is 308 g/mol. The van der Waals surface area contributed by atoms with Crippen LogP contribution >= 0.6 is 0 Å². The molecule has 0 aliphatic heterocycles. The fourth-order valence-electron chi connectivity index (χ4n) is 1.89. The summed E-state index contributed by atoms with van der Waals surface area (Å²) in [5, 5.41) is 5.38. The summed E-state index contributed by atoms with van der Waals surface area (Å²) in [4.78, 5) is 22.6. The van der Waals surface area contributed by atoms with Crippen molar-refractivity contribution >= 4 is 11.8 Å². The Morgan fingerprint density at radius 2 is 1.54 bits per heavy atom. The zero-order valence-corrected chi connectivity index (χ0v) is 16.1. The molecule has 0 bridgehead atoms. The molecule has 140 valence electrons. The van der Waals surface area contributed by atoms with E-state index in [2.05, 4.69) is 17.2 Å². The topological polar surface area (TPSA) is 76.7 Å². The summed E-state index contributed by atoms with van der Waals surface area (Å²) < 4.78 is 11.7. The smallest absolute Gasteiger partial charge is 0.246 e. The van der Waals surface area contributed by atoms with E-state index in [1.807, 2.05) is 27.7 Å². The van der Waals surface area contributed by atoms with Crippen LogP contribution in [0, 0.1) is 0 Å². The average Bonchev–Trinajstić information content (AvgIpc) is 2.45. The van der Waals surface area contributed by atoms with Gasteiger partial charge in [0.15, 0.2) is 0 Å². The lowest BCUT2D eigenvalue weighted by Crippen LogP contribution is -2.35. The van der Waals surface area contributed by atoms with E-state index in [1.54, 1.807) is 14.0 Å². The van der Waals surface area contributed by atoms with E-state index in [0.717, 1.165) is 6.42 Å². The van der Waals surface area contributed by atoms with Gasteiger partial charge in [-0.3, -0.25) is 9.59 Å². The molecule has 0 atom stereocenters. The van der Waals surface area contributed by atoms with Crippen LogP contribution in [-0.2, 0) is 19.1 Å². The number of ether oxygens (including phenoxy) is 2. The van der Waals surface area contributed by atoms with E-state index >= 15 is 0 Å². The minimum Gasteiger partial charge on any atom is -0.375 e. The van der Waals surface area contributed by atoms with Gasteiger partial charge < -0.3 is 20.1 Å². The van der Waals surface area contributed by atoms with Crippen molar-refractivity contribution in [3.05, 3.63) is 12.2 Å². The van der Waals surface area contributed by atoms with Gasteiger partial charge >= 0.3 is 0 Å². The Hall–Kier alpha value is -1.40. The van der Waals surface area contributed by atoms with Gasteiger partial charge in [-0.05, 0) is 47.5 Å². The van der Waals surface area contributed by atoms with E-state index in [9.17, 15) is 9.59 Å². The summed E-state index contributed by atoms with van der Waals surface area (Å²) in [6.07, 6.45) is 1.79. The van der Waals surface area contributed by atoms with Crippen LogP contribution in [0.25, 0.3) is 0 Å². The molecule has 6 heteroatoms. The lowest BCUT2D eigenvalue weighted by Gasteiger charge is -2.30. The monoisotopic (exact) mass is 342 g/mol. The van der Waals surface area contributed by atoms with E-state index in [0.29, 0.717) is 38.2 Å². The maximum absolute atomic E-state index is 11.4. The third-order valence-electron chi connectivity index (χ3n) is 3.70. The maximum Gasteiger partial charge on any atom is 0.246 e. The van der Waals surface area contributed by atoms with Crippen LogP contribution < -0.4 is 10.6 Å². The first kappa shape index (κ1) is 22.6. The van der Waals surface area contributed by atoms with Gasteiger partial charge in [0.05, 0.1) is 24.4 Å². The minimum atomic E-state index is -0.349. The Bertz CT molecular complexity index is 431. The molecule has 0 spiro atoms. The van der Waals surface area contributed by atoms with Crippen molar-refractivity contribution in [2.24, 2.45) is 0 Å². The van der Waals surface area contributed by atoms with E-state index in [-0.39, 0.29) is 23.0 Å². The zero-order valence-electron chi connectivity index (χ0n) is 16.1. The highest BCUT2D eigenvalue weighted by Crippen LogP contribution is 2.19. The van der Waals surface area contributed by atoms with Crippen LogP contribution in [0.5, 0.6) is 0 Å². The number of carbonyl (C=O) groups is 2. The van der Waals surface area contributed by atoms with Crippen molar-refractivity contribution in [1.82, 2.24) is 10.6 Å². The summed E-state index contributed by atoms with van der Waals surface area (Å²) in [6, 6.07) is 0. The van der Waals surface area contributed by atoms with Crippen LogP contribution in [0.15, 0.2) is 12.2 Å². The molecule has 0 radical (unpaired) electrons. The Morgan fingerprint density at radius 1 is 1.00 bits per heavy atom. The standard InChI is InChI=1S/C18H34N2O4/c1-14(2)16(22)20-11-9-17(3,4)24-13-10-18(5,6)23-12-8-15(21)19-7/h1,8-13H2,2-7H3,(H,19,21)(H,20,22). The first-order valence-corrected chi connectivity index (χ1v) is 8.41. The average molecular weight is 342 g/mol. The lowest BCUT2D eigenvalue weighted by molar-refractivity contribution is -0.123. The van der Waals surface area contributed by atoms with Crippen LogP contribution in [0.3, 0.4) is 0 Å². The predicted octanol–water partition coefficient (Wildman–Crippen LogP) is 2.19. The summed E-state index contributed by atoms with van der Waals surface area (Å²) >= 11 is 0. The van der Waals surface area contributed by atoms with Crippen molar-refractivity contribution in [2.75, 3.05) is 26.8 Å². The van der Waals surface area contributed by atoms with Gasteiger partial charge in [0, 0.05) is 25.6 Å². The number of carbonyl (C=O) groups excluding carboxylic acids is 2. The second-order valence-corrected chi connectivity index (χ2v) is 7.18.